The Kier molecular flexibility index (Phi) is 4.52. The average Bonchev–Trinajstić information content (AvgIpc) is 3.26. The van der Waals surface area contributed by atoms with Crippen molar-refractivity contribution < 1.29 is 9.66 Å². The van der Waals surface area contributed by atoms with E-state index in [-0.39, 0.29) is 35.2 Å². The smallest absolute Gasteiger partial charge is 0.312 e. The van der Waals surface area contributed by atoms with Crippen molar-refractivity contribution in [2.24, 2.45) is 5.73 Å². The summed E-state index contributed by atoms with van der Waals surface area (Å²) in [5.41, 5.74) is 8.40. The van der Waals surface area contributed by atoms with E-state index in [0.29, 0.717) is 0 Å². The molecule has 27 heavy (non-hydrogen) atoms. The van der Waals surface area contributed by atoms with Crippen molar-refractivity contribution in [1.29, 1.82) is 5.26 Å². The number of nitro benzene ring substituents is 1. The molecule has 3 atom stereocenters. The van der Waals surface area contributed by atoms with Crippen LogP contribution in [0.1, 0.15) is 29.2 Å². The molecule has 138 valence electrons. The zero-order valence-corrected chi connectivity index (χ0v) is 14.7. The summed E-state index contributed by atoms with van der Waals surface area (Å²) < 4.78 is 6.22. The van der Waals surface area contributed by atoms with Gasteiger partial charge in [-0.25, -0.2) is 0 Å². The minimum absolute atomic E-state index is 0.0891. The van der Waals surface area contributed by atoms with Crippen LogP contribution in [0.25, 0.3) is 0 Å². The molecule has 2 aliphatic rings. The Labute approximate surface area is 157 Å². The molecule has 0 saturated carbocycles. The number of hydrogen-bond donors (Lipinski definition) is 1. The second-order valence-electron chi connectivity index (χ2n) is 7.10. The lowest BCUT2D eigenvalue weighted by Crippen LogP contribution is -2.40. The molecule has 1 saturated heterocycles. The van der Waals surface area contributed by atoms with Gasteiger partial charge in [0.05, 0.1) is 22.6 Å². The Hall–Kier alpha value is -2.95. The fraction of sp³-hybridized carbons (Fsp3) is 0.350. The highest BCUT2D eigenvalue weighted by atomic mass is 16.6. The monoisotopic (exact) mass is 364 g/mol. The van der Waals surface area contributed by atoms with E-state index < -0.39 is 4.92 Å². The Morgan fingerprint density at radius 2 is 2.11 bits per heavy atom. The van der Waals surface area contributed by atoms with Crippen molar-refractivity contribution in [3.8, 4) is 11.8 Å². The van der Waals surface area contributed by atoms with Crippen molar-refractivity contribution >= 4 is 5.69 Å². The van der Waals surface area contributed by atoms with Gasteiger partial charge in [-0.2, -0.15) is 5.26 Å². The molecule has 7 nitrogen and oxygen atoms in total. The molecule has 1 heterocycles. The maximum atomic E-state index is 11.5. The van der Waals surface area contributed by atoms with Crippen LogP contribution in [0.15, 0.2) is 42.5 Å². The highest BCUT2D eigenvalue weighted by Crippen LogP contribution is 2.41. The summed E-state index contributed by atoms with van der Waals surface area (Å²) in [6, 6.07) is 14.6. The molecule has 7 heteroatoms. The molecule has 1 aliphatic carbocycles. The van der Waals surface area contributed by atoms with E-state index >= 15 is 0 Å². The molecule has 0 amide bonds. The van der Waals surface area contributed by atoms with E-state index in [1.54, 1.807) is 6.07 Å². The topological polar surface area (TPSA) is 105 Å². The summed E-state index contributed by atoms with van der Waals surface area (Å²) in [7, 11) is 0. The minimum atomic E-state index is -0.502. The van der Waals surface area contributed by atoms with Crippen LogP contribution in [-0.2, 0) is 6.42 Å². The largest absolute Gasteiger partial charge is 0.477 e. The van der Waals surface area contributed by atoms with Crippen LogP contribution in [0.3, 0.4) is 0 Å². The van der Waals surface area contributed by atoms with Gasteiger partial charge in [0.1, 0.15) is 6.10 Å². The van der Waals surface area contributed by atoms with E-state index in [1.807, 2.05) is 24.3 Å². The molecule has 0 radical (unpaired) electrons. The van der Waals surface area contributed by atoms with Gasteiger partial charge in [-0.05, 0) is 36.1 Å². The maximum absolute atomic E-state index is 11.5. The van der Waals surface area contributed by atoms with Gasteiger partial charge in [0, 0.05) is 25.2 Å². The van der Waals surface area contributed by atoms with Gasteiger partial charge in [0.25, 0.3) is 0 Å². The van der Waals surface area contributed by atoms with E-state index in [2.05, 4.69) is 11.0 Å². The number of fused-ring (bicyclic) bond motifs is 1. The number of nitriles is 1. The number of rotatable bonds is 4. The quantitative estimate of drug-likeness (QED) is 0.660. The van der Waals surface area contributed by atoms with Crippen LogP contribution in [0.2, 0.25) is 0 Å². The molecule has 0 unspecified atom stereocenters. The number of hydrogen-bond acceptors (Lipinski definition) is 6. The standard InChI is InChI=1S/C20H20N4O3/c21-11-13-5-6-19(17(9-13)24(25)26)27-20-16-4-2-1-3-14(16)10-18(20)23-8-7-15(22)12-23/h1-6,9,15,18,20H,7-8,10,12,22H2/t15-,18-,20-/m1/s1. The van der Waals surface area contributed by atoms with Crippen LogP contribution in [-0.4, -0.2) is 35.0 Å². The molecule has 2 aromatic rings. The van der Waals surface area contributed by atoms with Gasteiger partial charge >= 0.3 is 5.69 Å². The summed E-state index contributed by atoms with van der Waals surface area (Å²) in [5, 5.41) is 20.5. The predicted molar refractivity (Wildman–Crippen MR) is 99.3 cm³/mol. The number of ether oxygens (including phenoxy) is 1. The number of benzene rings is 2. The molecule has 1 aliphatic heterocycles. The molecule has 4 rings (SSSR count). The second kappa shape index (κ2) is 6.99. The van der Waals surface area contributed by atoms with E-state index in [0.717, 1.165) is 31.5 Å². The SMILES string of the molecule is N#Cc1ccc(O[C@@H]2c3ccccc3C[C@H]2N2CC[C@@H](N)C2)c([N+](=O)[O-])c1. The van der Waals surface area contributed by atoms with Crippen molar-refractivity contribution in [3.63, 3.8) is 0 Å². The van der Waals surface area contributed by atoms with Crippen molar-refractivity contribution in [2.75, 3.05) is 13.1 Å². The minimum Gasteiger partial charge on any atom is -0.477 e. The highest BCUT2D eigenvalue weighted by molar-refractivity contribution is 5.52. The van der Waals surface area contributed by atoms with Crippen LogP contribution >= 0.6 is 0 Å². The summed E-state index contributed by atoms with van der Waals surface area (Å²) in [5.74, 6) is 0.189. The van der Waals surface area contributed by atoms with Gasteiger partial charge in [-0.3, -0.25) is 15.0 Å². The molecule has 0 aromatic heterocycles. The Morgan fingerprint density at radius 3 is 2.81 bits per heavy atom. The van der Waals surface area contributed by atoms with Crippen molar-refractivity contribution in [1.82, 2.24) is 4.90 Å². The molecule has 1 fully saturated rings. The van der Waals surface area contributed by atoms with Crippen molar-refractivity contribution in [2.45, 2.75) is 31.0 Å². The van der Waals surface area contributed by atoms with Gasteiger partial charge in [0.2, 0.25) is 0 Å². The number of nitro groups is 1. The predicted octanol–water partition coefficient (Wildman–Crippen LogP) is 2.54. The number of nitrogens with two attached hydrogens (primary N) is 1. The van der Waals surface area contributed by atoms with Crippen LogP contribution in [0.4, 0.5) is 5.69 Å². The Morgan fingerprint density at radius 1 is 1.30 bits per heavy atom. The summed E-state index contributed by atoms with van der Waals surface area (Å²) in [6.07, 6.45) is 1.46. The lowest BCUT2D eigenvalue weighted by atomic mass is 10.1. The van der Waals surface area contributed by atoms with Crippen molar-refractivity contribution in [3.05, 3.63) is 69.3 Å². The highest BCUT2D eigenvalue weighted by Gasteiger charge is 2.40. The fourth-order valence-electron chi connectivity index (χ4n) is 4.08. The average molecular weight is 364 g/mol. The molecular weight excluding hydrogens is 344 g/mol. The van der Waals surface area contributed by atoms with E-state index in [9.17, 15) is 10.1 Å². The number of likely N-dealkylation sites (tertiary alicyclic amines) is 1. The second-order valence-corrected chi connectivity index (χ2v) is 7.10. The van der Waals surface area contributed by atoms with Crippen LogP contribution < -0.4 is 10.5 Å². The van der Waals surface area contributed by atoms with Gasteiger partial charge < -0.3 is 10.5 Å². The van der Waals surface area contributed by atoms with E-state index in [1.165, 1.54) is 17.7 Å². The third-order valence-electron chi connectivity index (χ3n) is 5.40. The summed E-state index contributed by atoms with van der Waals surface area (Å²) >= 11 is 0. The van der Waals surface area contributed by atoms with E-state index in [4.69, 9.17) is 15.7 Å². The lowest BCUT2D eigenvalue weighted by molar-refractivity contribution is -0.386. The first kappa shape index (κ1) is 17.5. The molecule has 0 bridgehead atoms. The fourth-order valence-corrected chi connectivity index (χ4v) is 4.08. The third kappa shape index (κ3) is 3.25. The normalized spacial score (nSPS) is 24.4. The first-order valence-electron chi connectivity index (χ1n) is 8.99. The van der Waals surface area contributed by atoms with Gasteiger partial charge in [-0.1, -0.05) is 24.3 Å². The Balaban J connectivity index is 1.70. The van der Waals surface area contributed by atoms with Gasteiger partial charge in [-0.15, -0.1) is 0 Å². The Bertz CT molecular complexity index is 924. The molecule has 2 N–H and O–H groups in total. The van der Waals surface area contributed by atoms with Crippen LogP contribution in [0.5, 0.6) is 5.75 Å². The maximum Gasteiger partial charge on any atom is 0.312 e. The van der Waals surface area contributed by atoms with Crippen LogP contribution in [0, 0.1) is 21.4 Å². The summed E-state index contributed by atoms with van der Waals surface area (Å²) in [4.78, 5) is 13.3. The molecule has 2 aromatic carbocycles. The zero-order valence-electron chi connectivity index (χ0n) is 14.7. The number of nitrogens with zero attached hydrogens (tertiary/aromatic N) is 3. The van der Waals surface area contributed by atoms with Gasteiger partial charge in [0.15, 0.2) is 5.75 Å². The molecular formula is C20H20N4O3. The molecule has 0 spiro atoms. The first-order chi connectivity index (χ1) is 13.1. The zero-order chi connectivity index (χ0) is 19.0. The first-order valence-corrected chi connectivity index (χ1v) is 8.99. The third-order valence-corrected chi connectivity index (χ3v) is 5.40. The lowest BCUT2D eigenvalue weighted by Gasteiger charge is -2.30. The summed E-state index contributed by atoms with van der Waals surface area (Å²) in [6.45, 7) is 1.70.